The summed E-state index contributed by atoms with van der Waals surface area (Å²) in [5, 5.41) is 2.27. The lowest BCUT2D eigenvalue weighted by Gasteiger charge is -1.99. The Kier molecular flexibility index (Phi) is 3.38. The van der Waals surface area contributed by atoms with Crippen LogP contribution in [-0.2, 0) is 0 Å². The number of methoxy groups -OCH3 is 1. The van der Waals surface area contributed by atoms with Crippen molar-refractivity contribution in [1.82, 2.24) is 0 Å². The molecule has 0 radical (unpaired) electrons. The molecule has 66 valence electrons. The van der Waals surface area contributed by atoms with E-state index in [4.69, 9.17) is 4.74 Å². The van der Waals surface area contributed by atoms with Gasteiger partial charge in [0.05, 0.1) is 7.11 Å². The van der Waals surface area contributed by atoms with Crippen LogP contribution in [0.1, 0.15) is 10.4 Å². The first-order valence-electron chi connectivity index (χ1n) is 3.67. The standard InChI is InChI=1S/C10H8O2S/c1-12-9-4-2-8(3-5-9)10(11)6-7-13/h2-6H,1H3. The molecule has 0 amide bonds. The Bertz CT molecular complexity index is 348. The SMILES string of the molecule is COc1ccc(C(=O)C=C=S)cc1. The minimum absolute atomic E-state index is 0.141. The molecule has 0 aromatic heterocycles. The zero-order chi connectivity index (χ0) is 9.68. The second kappa shape index (κ2) is 4.55. The lowest BCUT2D eigenvalue weighted by Crippen LogP contribution is -1.93. The van der Waals surface area contributed by atoms with Gasteiger partial charge in [-0.05, 0) is 41.5 Å². The summed E-state index contributed by atoms with van der Waals surface area (Å²) in [6, 6.07) is 6.82. The van der Waals surface area contributed by atoms with Gasteiger partial charge in [-0.2, -0.15) is 0 Å². The van der Waals surface area contributed by atoms with Crippen LogP contribution in [0.3, 0.4) is 0 Å². The van der Waals surface area contributed by atoms with E-state index in [0.717, 1.165) is 5.75 Å². The van der Waals surface area contributed by atoms with Gasteiger partial charge in [-0.15, -0.1) is 0 Å². The van der Waals surface area contributed by atoms with Crippen molar-refractivity contribution >= 4 is 23.0 Å². The Morgan fingerprint density at radius 3 is 2.54 bits per heavy atom. The fourth-order valence-corrected chi connectivity index (χ4v) is 0.999. The molecule has 0 bridgehead atoms. The molecule has 0 aliphatic carbocycles. The molecule has 0 heterocycles. The highest BCUT2D eigenvalue weighted by Crippen LogP contribution is 2.11. The van der Waals surface area contributed by atoms with Gasteiger partial charge in [0.25, 0.3) is 0 Å². The molecule has 2 nitrogen and oxygen atoms in total. The molecule has 0 N–H and O–H groups in total. The van der Waals surface area contributed by atoms with Crippen molar-refractivity contribution in [2.45, 2.75) is 0 Å². The maximum absolute atomic E-state index is 11.2. The first kappa shape index (κ1) is 9.65. The smallest absolute Gasteiger partial charge is 0.194 e. The largest absolute Gasteiger partial charge is 0.497 e. The summed E-state index contributed by atoms with van der Waals surface area (Å²) in [7, 11) is 1.58. The van der Waals surface area contributed by atoms with Gasteiger partial charge in [0, 0.05) is 11.6 Å². The van der Waals surface area contributed by atoms with E-state index in [1.54, 1.807) is 31.4 Å². The number of thiocarbonyl (C=S) groups is 1. The van der Waals surface area contributed by atoms with Gasteiger partial charge in [0.2, 0.25) is 0 Å². The van der Waals surface area contributed by atoms with E-state index < -0.39 is 0 Å². The van der Waals surface area contributed by atoms with Crippen LogP contribution in [0.15, 0.2) is 30.3 Å². The van der Waals surface area contributed by atoms with Gasteiger partial charge in [0.1, 0.15) is 5.75 Å². The summed E-state index contributed by atoms with van der Waals surface area (Å²) in [4.78, 5) is 11.2. The predicted molar refractivity (Wildman–Crippen MR) is 54.5 cm³/mol. The van der Waals surface area contributed by atoms with Crippen LogP contribution >= 0.6 is 12.2 Å². The molecule has 1 rings (SSSR count). The van der Waals surface area contributed by atoms with E-state index in [1.807, 2.05) is 0 Å². The van der Waals surface area contributed by atoms with E-state index >= 15 is 0 Å². The highest BCUT2D eigenvalue weighted by Gasteiger charge is 2.00. The zero-order valence-corrected chi connectivity index (χ0v) is 7.93. The van der Waals surface area contributed by atoms with Gasteiger partial charge in [-0.3, -0.25) is 4.79 Å². The normalized spacial score (nSPS) is 8.69. The molecule has 0 saturated carbocycles. The molecule has 1 aromatic carbocycles. The van der Waals surface area contributed by atoms with Crippen molar-refractivity contribution in [1.29, 1.82) is 0 Å². The summed E-state index contributed by atoms with van der Waals surface area (Å²) < 4.78 is 4.95. The summed E-state index contributed by atoms with van der Waals surface area (Å²) >= 11 is 4.43. The number of hydrogen-bond acceptors (Lipinski definition) is 3. The second-order valence-corrected chi connectivity index (χ2v) is 2.59. The van der Waals surface area contributed by atoms with Crippen LogP contribution in [0.5, 0.6) is 5.75 Å². The highest BCUT2D eigenvalue weighted by atomic mass is 32.1. The number of ketones is 1. The van der Waals surface area contributed by atoms with Crippen molar-refractivity contribution in [3.8, 4) is 5.75 Å². The number of ether oxygens (including phenoxy) is 1. The topological polar surface area (TPSA) is 26.3 Å². The van der Waals surface area contributed by atoms with Crippen LogP contribution in [0.25, 0.3) is 0 Å². The molecule has 0 aliphatic rings. The van der Waals surface area contributed by atoms with Gasteiger partial charge >= 0.3 is 0 Å². The molecule has 3 heteroatoms. The lowest BCUT2D eigenvalue weighted by molar-refractivity contribution is 0.104. The Morgan fingerprint density at radius 1 is 1.46 bits per heavy atom. The molecule has 0 saturated heterocycles. The summed E-state index contributed by atoms with van der Waals surface area (Å²) in [5.74, 6) is 0.584. The quantitative estimate of drug-likeness (QED) is 0.416. The maximum Gasteiger partial charge on any atom is 0.194 e. The van der Waals surface area contributed by atoms with Gasteiger partial charge in [-0.1, -0.05) is 0 Å². The summed E-state index contributed by atoms with van der Waals surface area (Å²) in [6.07, 6.45) is 1.23. The number of allylic oxidation sites excluding steroid dienone is 1. The van der Waals surface area contributed by atoms with E-state index in [9.17, 15) is 4.79 Å². The van der Waals surface area contributed by atoms with Crippen LogP contribution in [-0.4, -0.2) is 17.9 Å². The molecule has 0 atom stereocenters. The average molecular weight is 192 g/mol. The van der Waals surface area contributed by atoms with E-state index in [2.05, 4.69) is 17.2 Å². The second-order valence-electron chi connectivity index (χ2n) is 2.35. The van der Waals surface area contributed by atoms with E-state index in [-0.39, 0.29) is 5.78 Å². The molecule has 0 unspecified atom stereocenters. The van der Waals surface area contributed by atoms with Crippen LogP contribution in [0.2, 0.25) is 0 Å². The molecule has 0 fully saturated rings. The van der Waals surface area contributed by atoms with Crippen molar-refractivity contribution in [3.63, 3.8) is 0 Å². The first-order valence-corrected chi connectivity index (χ1v) is 4.08. The van der Waals surface area contributed by atoms with Crippen molar-refractivity contribution in [2.75, 3.05) is 7.11 Å². The minimum Gasteiger partial charge on any atom is -0.497 e. The molecular formula is C10H8O2S. The van der Waals surface area contributed by atoms with Crippen LogP contribution in [0.4, 0.5) is 0 Å². The average Bonchev–Trinajstić information content (AvgIpc) is 2.18. The third kappa shape index (κ3) is 2.51. The monoisotopic (exact) mass is 192 g/mol. The molecule has 1 aromatic rings. The summed E-state index contributed by atoms with van der Waals surface area (Å²) in [5.41, 5.74) is 0.582. The van der Waals surface area contributed by atoms with Crippen molar-refractivity contribution in [2.24, 2.45) is 0 Å². The fraction of sp³-hybridized carbons (Fsp3) is 0.100. The number of hydrogen-bond donors (Lipinski definition) is 0. The number of rotatable bonds is 3. The summed E-state index contributed by atoms with van der Waals surface area (Å²) in [6.45, 7) is 0. The lowest BCUT2D eigenvalue weighted by atomic mass is 10.1. The molecular weight excluding hydrogens is 184 g/mol. The minimum atomic E-state index is -0.141. The Balaban J connectivity index is 2.92. The van der Waals surface area contributed by atoms with Gasteiger partial charge in [0.15, 0.2) is 5.78 Å². The number of benzene rings is 1. The molecule has 0 aliphatic heterocycles. The van der Waals surface area contributed by atoms with E-state index in [0.29, 0.717) is 5.56 Å². The van der Waals surface area contributed by atoms with Crippen molar-refractivity contribution in [3.05, 3.63) is 35.9 Å². The Morgan fingerprint density at radius 2 is 2.08 bits per heavy atom. The van der Waals surface area contributed by atoms with Crippen LogP contribution in [0, 0.1) is 0 Å². The third-order valence-electron chi connectivity index (χ3n) is 1.56. The Hall–Kier alpha value is -1.44. The number of carbonyl (C=O) groups is 1. The van der Waals surface area contributed by atoms with Crippen molar-refractivity contribution < 1.29 is 9.53 Å². The van der Waals surface area contributed by atoms with Crippen LogP contribution < -0.4 is 4.74 Å². The number of carbonyl (C=O) groups excluding carboxylic acids is 1. The maximum atomic E-state index is 11.2. The van der Waals surface area contributed by atoms with Gasteiger partial charge in [-0.25, -0.2) is 0 Å². The highest BCUT2D eigenvalue weighted by molar-refractivity contribution is 7.78. The Labute approximate surface area is 81.8 Å². The molecule has 0 spiro atoms. The molecule has 13 heavy (non-hydrogen) atoms. The third-order valence-corrected chi connectivity index (χ3v) is 1.68. The fourth-order valence-electron chi connectivity index (χ4n) is 0.892. The van der Waals surface area contributed by atoms with Gasteiger partial charge < -0.3 is 4.74 Å². The predicted octanol–water partition coefficient (Wildman–Crippen LogP) is 2.03. The zero-order valence-electron chi connectivity index (χ0n) is 7.11. The van der Waals surface area contributed by atoms with E-state index in [1.165, 1.54) is 6.08 Å². The first-order chi connectivity index (χ1) is 6.27.